The summed E-state index contributed by atoms with van der Waals surface area (Å²) in [6.07, 6.45) is -3.28. The molecule has 0 aliphatic carbocycles. The molecule has 5 rings (SSSR count). The maximum Gasteiger partial charge on any atom is 0.414 e. The molecule has 0 aliphatic rings. The fraction of sp³-hybridized carbons (Fsp3) is 0.286. The quantitative estimate of drug-likeness (QED) is 0.0152. The van der Waals surface area contributed by atoms with E-state index in [4.69, 9.17) is 18.9 Å². The van der Waals surface area contributed by atoms with Crippen LogP contribution in [-0.4, -0.2) is 77.6 Å². The number of benzene rings is 4. The van der Waals surface area contributed by atoms with E-state index in [2.05, 4.69) is 41.9 Å². The Morgan fingerprint density at radius 2 is 1.06 bits per heavy atom. The molecule has 0 fully saturated rings. The van der Waals surface area contributed by atoms with Crippen molar-refractivity contribution >= 4 is 64.4 Å². The van der Waals surface area contributed by atoms with Gasteiger partial charge in [-0.05, 0) is 48.9 Å². The SMILES string of the molecule is CC(C)NC(=O)[C@H](CC(=O)OCc1ccccc1)NC(=O)Cc1csc(NC(=O)[C@H](CCCN=C(NC(=O)OCc2ccccc2)NC(=O)OCc2ccccc2)NC(=O)OCc2ccccc2)n1. The number of amides is 6. The second-order valence-corrected chi connectivity index (χ2v) is 16.3. The molecule has 20 heteroatoms. The molecule has 5 aromatic rings. The minimum Gasteiger partial charge on any atom is -0.461 e. The van der Waals surface area contributed by atoms with Crippen molar-refractivity contribution in [2.75, 3.05) is 11.9 Å². The van der Waals surface area contributed by atoms with E-state index in [0.717, 1.165) is 28.0 Å². The van der Waals surface area contributed by atoms with Gasteiger partial charge in [0.05, 0.1) is 18.5 Å². The highest BCUT2D eigenvalue weighted by molar-refractivity contribution is 7.14. The molecule has 1 heterocycles. The van der Waals surface area contributed by atoms with Gasteiger partial charge in [0.25, 0.3) is 0 Å². The van der Waals surface area contributed by atoms with Crippen molar-refractivity contribution in [2.45, 2.75) is 84.1 Å². The maximum absolute atomic E-state index is 13.7. The van der Waals surface area contributed by atoms with Gasteiger partial charge in [0.1, 0.15) is 38.5 Å². The summed E-state index contributed by atoms with van der Waals surface area (Å²) in [5, 5.41) is 17.0. The predicted molar refractivity (Wildman–Crippen MR) is 255 cm³/mol. The molecular weight excluding hydrogens is 909 g/mol. The standard InChI is InChI=1S/C49H54N8O11S/c1-33(2)51-44(61)40(27-42(59)65-28-34-16-7-3-8-17-34)53-41(58)26-38-32-69-46(52-38)55-43(60)39(54-47(62)66-29-35-18-9-4-10-19-35)24-15-25-50-45(56-48(63)67-30-36-20-11-5-12-21-36)57-49(64)68-31-37-22-13-6-14-23-37/h3-14,16-23,32-33,39-40H,15,24-31H2,1-2H3,(H,51,61)(H,53,58)(H,54,62)(H,52,55,60)(H2,50,56,57,63,64)/t39-,40-/m0/s1. The Hall–Kier alpha value is -8.13. The second-order valence-electron chi connectivity index (χ2n) is 15.4. The molecule has 6 amide bonds. The molecule has 4 aromatic carbocycles. The summed E-state index contributed by atoms with van der Waals surface area (Å²) >= 11 is 1.01. The third-order valence-corrected chi connectivity index (χ3v) is 10.2. The first-order valence-corrected chi connectivity index (χ1v) is 22.8. The summed E-state index contributed by atoms with van der Waals surface area (Å²) in [6.45, 7) is 3.24. The molecule has 0 unspecified atom stereocenters. The zero-order valence-electron chi connectivity index (χ0n) is 38.0. The van der Waals surface area contributed by atoms with E-state index in [0.29, 0.717) is 5.56 Å². The summed E-state index contributed by atoms with van der Waals surface area (Å²) in [7, 11) is 0. The monoisotopic (exact) mass is 962 g/mol. The van der Waals surface area contributed by atoms with E-state index < -0.39 is 60.5 Å². The molecule has 2 atom stereocenters. The van der Waals surface area contributed by atoms with Crippen LogP contribution in [0.3, 0.4) is 0 Å². The minimum absolute atomic E-state index is 0.00361. The first-order chi connectivity index (χ1) is 33.4. The number of carbonyl (C=O) groups is 7. The van der Waals surface area contributed by atoms with Crippen molar-refractivity contribution in [3.8, 4) is 0 Å². The molecule has 0 spiro atoms. The third kappa shape index (κ3) is 20.1. The molecule has 0 aliphatic heterocycles. The van der Waals surface area contributed by atoms with Crippen LogP contribution in [-0.2, 0) is 71.0 Å². The van der Waals surface area contributed by atoms with Gasteiger partial charge < -0.3 is 40.2 Å². The van der Waals surface area contributed by atoms with Gasteiger partial charge in [-0.2, -0.15) is 0 Å². The molecule has 0 bridgehead atoms. The fourth-order valence-corrected chi connectivity index (χ4v) is 6.80. The Bertz CT molecular complexity index is 2420. The Balaban J connectivity index is 1.21. The Morgan fingerprint density at radius 3 is 1.55 bits per heavy atom. The lowest BCUT2D eigenvalue weighted by atomic mass is 10.1. The van der Waals surface area contributed by atoms with Crippen molar-refractivity contribution in [3.05, 3.63) is 155 Å². The number of anilines is 1. The van der Waals surface area contributed by atoms with Crippen molar-refractivity contribution in [1.82, 2.24) is 31.6 Å². The lowest BCUT2D eigenvalue weighted by Gasteiger charge is -2.19. The highest BCUT2D eigenvalue weighted by Gasteiger charge is 2.27. The summed E-state index contributed by atoms with van der Waals surface area (Å²) in [4.78, 5) is 99.9. The lowest BCUT2D eigenvalue weighted by Crippen LogP contribution is -2.50. The van der Waals surface area contributed by atoms with Crippen LogP contribution in [0.25, 0.3) is 0 Å². The molecule has 6 N–H and O–H groups in total. The first kappa shape index (κ1) is 51.8. The van der Waals surface area contributed by atoms with Crippen LogP contribution >= 0.6 is 11.3 Å². The van der Waals surface area contributed by atoms with E-state index in [1.165, 1.54) is 5.38 Å². The zero-order valence-corrected chi connectivity index (χ0v) is 38.8. The number of aromatic nitrogens is 1. The highest BCUT2D eigenvalue weighted by atomic mass is 32.1. The molecule has 0 saturated carbocycles. The van der Waals surface area contributed by atoms with E-state index in [1.54, 1.807) is 111 Å². The number of nitrogens with zero attached hydrogens (tertiary/aromatic N) is 2. The number of ether oxygens (including phenoxy) is 4. The molecule has 1 aromatic heterocycles. The smallest absolute Gasteiger partial charge is 0.414 e. The fourth-order valence-electron chi connectivity index (χ4n) is 6.09. The van der Waals surface area contributed by atoms with Crippen LogP contribution in [0.5, 0.6) is 0 Å². The van der Waals surface area contributed by atoms with E-state index in [1.807, 2.05) is 24.3 Å². The van der Waals surface area contributed by atoms with Gasteiger partial charge in [-0.1, -0.05) is 121 Å². The Labute approximate surface area is 402 Å². The van der Waals surface area contributed by atoms with Crippen molar-refractivity contribution < 1.29 is 52.5 Å². The molecule has 19 nitrogen and oxygen atoms in total. The van der Waals surface area contributed by atoms with Crippen molar-refractivity contribution in [3.63, 3.8) is 0 Å². The van der Waals surface area contributed by atoms with Crippen LogP contribution in [0.15, 0.2) is 132 Å². The molecule has 0 saturated heterocycles. The average Bonchev–Trinajstić information content (AvgIpc) is 3.78. The van der Waals surface area contributed by atoms with Crippen LogP contribution in [0.4, 0.5) is 19.5 Å². The number of thiazole rings is 1. The van der Waals surface area contributed by atoms with E-state index in [9.17, 15) is 33.6 Å². The van der Waals surface area contributed by atoms with Crippen molar-refractivity contribution in [1.29, 1.82) is 0 Å². The largest absolute Gasteiger partial charge is 0.461 e. The van der Waals surface area contributed by atoms with Gasteiger partial charge in [-0.15, -0.1) is 11.3 Å². The third-order valence-electron chi connectivity index (χ3n) is 9.43. The van der Waals surface area contributed by atoms with Crippen LogP contribution in [0, 0.1) is 0 Å². The Morgan fingerprint density at radius 1 is 0.580 bits per heavy atom. The number of carbonyl (C=O) groups excluding carboxylic acids is 7. The molecule has 0 radical (unpaired) electrons. The van der Waals surface area contributed by atoms with Crippen LogP contribution in [0.1, 0.15) is 61.1 Å². The van der Waals surface area contributed by atoms with Crippen LogP contribution < -0.4 is 31.9 Å². The number of rotatable bonds is 22. The summed E-state index contributed by atoms with van der Waals surface area (Å²) < 4.78 is 21.3. The van der Waals surface area contributed by atoms with Gasteiger partial charge in [-0.3, -0.25) is 34.8 Å². The number of esters is 1. The van der Waals surface area contributed by atoms with Gasteiger partial charge in [0.2, 0.25) is 23.7 Å². The first-order valence-electron chi connectivity index (χ1n) is 21.9. The zero-order chi connectivity index (χ0) is 49.2. The second kappa shape index (κ2) is 28.1. The molecule has 362 valence electrons. The lowest BCUT2D eigenvalue weighted by molar-refractivity contribution is -0.147. The number of guanidine groups is 1. The Kier molecular flexibility index (Phi) is 21.1. The summed E-state index contributed by atoms with van der Waals surface area (Å²) in [5.41, 5.74) is 3.18. The number of nitrogens with one attached hydrogen (secondary N) is 6. The predicted octanol–water partition coefficient (Wildman–Crippen LogP) is 6.05. The number of aliphatic imine (C=N–C) groups is 1. The highest BCUT2D eigenvalue weighted by Crippen LogP contribution is 2.17. The van der Waals surface area contributed by atoms with Gasteiger partial charge in [0, 0.05) is 18.0 Å². The van der Waals surface area contributed by atoms with Crippen LogP contribution in [0.2, 0.25) is 0 Å². The van der Waals surface area contributed by atoms with Gasteiger partial charge >= 0.3 is 24.2 Å². The van der Waals surface area contributed by atoms with Gasteiger partial charge in [0.15, 0.2) is 5.13 Å². The molecule has 69 heavy (non-hydrogen) atoms. The molecular formula is C49H54N8O11S. The topological polar surface area (TPSA) is 254 Å². The van der Waals surface area contributed by atoms with Gasteiger partial charge in [-0.25, -0.2) is 19.4 Å². The number of alkyl carbamates (subject to hydrolysis) is 3. The summed E-state index contributed by atoms with van der Waals surface area (Å²) in [5.74, 6) is -2.83. The number of hydrogen-bond acceptors (Lipinski definition) is 14. The van der Waals surface area contributed by atoms with Crippen molar-refractivity contribution in [2.24, 2.45) is 4.99 Å². The van der Waals surface area contributed by atoms with E-state index >= 15 is 0 Å². The average molecular weight is 963 g/mol. The maximum atomic E-state index is 13.7. The number of hydrogen-bond donors (Lipinski definition) is 6. The summed E-state index contributed by atoms with van der Waals surface area (Å²) in [6, 6.07) is 33.1. The minimum atomic E-state index is -1.23. The van der Waals surface area contributed by atoms with E-state index in [-0.39, 0.29) is 75.1 Å². The normalized spacial score (nSPS) is 11.4.